The standard InChI is InChI=1S/C12H19NO3/c1-10(2)13(6-7-15-3)8-11-4-5-12(9-14)16-11/h4-5,9-10H,6-8H2,1-3H3. The van der Waals surface area contributed by atoms with Gasteiger partial charge >= 0.3 is 0 Å². The fraction of sp³-hybridized carbons (Fsp3) is 0.583. The number of ether oxygens (including phenoxy) is 1. The topological polar surface area (TPSA) is 42.7 Å². The molecule has 1 aromatic heterocycles. The number of aldehydes is 1. The first-order valence-electron chi connectivity index (χ1n) is 5.44. The van der Waals surface area contributed by atoms with Gasteiger partial charge in [-0.05, 0) is 26.0 Å². The second kappa shape index (κ2) is 6.45. The predicted molar refractivity (Wildman–Crippen MR) is 61.5 cm³/mol. The van der Waals surface area contributed by atoms with E-state index in [1.54, 1.807) is 13.2 Å². The molecule has 0 bridgehead atoms. The van der Waals surface area contributed by atoms with Crippen molar-refractivity contribution in [1.82, 2.24) is 4.90 Å². The van der Waals surface area contributed by atoms with E-state index in [0.717, 1.165) is 18.6 Å². The van der Waals surface area contributed by atoms with Gasteiger partial charge in [-0.2, -0.15) is 0 Å². The van der Waals surface area contributed by atoms with Crippen molar-refractivity contribution in [1.29, 1.82) is 0 Å². The lowest BCUT2D eigenvalue weighted by Crippen LogP contribution is -2.33. The van der Waals surface area contributed by atoms with Gasteiger partial charge in [-0.25, -0.2) is 0 Å². The van der Waals surface area contributed by atoms with Gasteiger partial charge in [0, 0.05) is 19.7 Å². The summed E-state index contributed by atoms with van der Waals surface area (Å²) in [5, 5.41) is 0. The van der Waals surface area contributed by atoms with Crippen molar-refractivity contribution in [3.63, 3.8) is 0 Å². The monoisotopic (exact) mass is 225 g/mol. The zero-order valence-corrected chi connectivity index (χ0v) is 10.1. The molecule has 1 aromatic rings. The van der Waals surface area contributed by atoms with E-state index in [4.69, 9.17) is 9.15 Å². The number of rotatable bonds is 7. The molecule has 0 saturated heterocycles. The summed E-state index contributed by atoms with van der Waals surface area (Å²) in [5.41, 5.74) is 0. The molecule has 16 heavy (non-hydrogen) atoms. The second-order valence-electron chi connectivity index (χ2n) is 3.98. The second-order valence-corrected chi connectivity index (χ2v) is 3.98. The van der Waals surface area contributed by atoms with Crippen molar-refractivity contribution in [2.45, 2.75) is 26.4 Å². The van der Waals surface area contributed by atoms with Crippen LogP contribution in [0.5, 0.6) is 0 Å². The molecule has 0 spiro atoms. The third-order valence-electron chi connectivity index (χ3n) is 2.47. The molecule has 0 atom stereocenters. The smallest absolute Gasteiger partial charge is 0.185 e. The maximum absolute atomic E-state index is 10.5. The Morgan fingerprint density at radius 2 is 2.25 bits per heavy atom. The van der Waals surface area contributed by atoms with Gasteiger partial charge < -0.3 is 9.15 Å². The van der Waals surface area contributed by atoms with E-state index in [0.29, 0.717) is 25.0 Å². The predicted octanol–water partition coefficient (Wildman–Crippen LogP) is 1.95. The number of carbonyl (C=O) groups is 1. The summed E-state index contributed by atoms with van der Waals surface area (Å²) in [6.45, 7) is 6.50. The minimum absolute atomic E-state index is 0.380. The van der Waals surface area contributed by atoms with Gasteiger partial charge in [0.1, 0.15) is 5.76 Å². The fourth-order valence-electron chi connectivity index (χ4n) is 1.47. The summed E-state index contributed by atoms with van der Waals surface area (Å²) in [5.74, 6) is 1.19. The van der Waals surface area contributed by atoms with Gasteiger partial charge in [0.2, 0.25) is 0 Å². The Balaban J connectivity index is 2.56. The Labute approximate surface area is 96.2 Å². The van der Waals surface area contributed by atoms with E-state index in [1.165, 1.54) is 0 Å². The van der Waals surface area contributed by atoms with Gasteiger partial charge in [-0.3, -0.25) is 9.69 Å². The Hall–Kier alpha value is -1.13. The molecule has 0 aliphatic rings. The van der Waals surface area contributed by atoms with Crippen LogP contribution in [-0.2, 0) is 11.3 Å². The summed E-state index contributed by atoms with van der Waals surface area (Å²) in [6.07, 6.45) is 0.721. The molecular formula is C12H19NO3. The highest BCUT2D eigenvalue weighted by Crippen LogP contribution is 2.11. The number of hydrogen-bond acceptors (Lipinski definition) is 4. The number of carbonyl (C=O) groups excluding carboxylic acids is 1. The van der Waals surface area contributed by atoms with Gasteiger partial charge in [0.05, 0.1) is 13.2 Å². The number of methoxy groups -OCH3 is 1. The summed E-state index contributed by atoms with van der Waals surface area (Å²) < 4.78 is 10.4. The summed E-state index contributed by atoms with van der Waals surface area (Å²) in [7, 11) is 1.69. The molecule has 0 aromatic carbocycles. The van der Waals surface area contributed by atoms with Crippen molar-refractivity contribution in [2.75, 3.05) is 20.3 Å². The van der Waals surface area contributed by atoms with Crippen molar-refractivity contribution >= 4 is 6.29 Å². The number of furan rings is 1. The van der Waals surface area contributed by atoms with Crippen LogP contribution in [0.4, 0.5) is 0 Å². The lowest BCUT2D eigenvalue weighted by atomic mass is 10.3. The summed E-state index contributed by atoms with van der Waals surface area (Å²) in [4.78, 5) is 12.7. The highest BCUT2D eigenvalue weighted by molar-refractivity contribution is 5.70. The van der Waals surface area contributed by atoms with Gasteiger partial charge in [-0.15, -0.1) is 0 Å². The molecule has 1 rings (SSSR count). The fourth-order valence-corrected chi connectivity index (χ4v) is 1.47. The van der Waals surface area contributed by atoms with Crippen LogP contribution in [0.1, 0.15) is 30.2 Å². The van der Waals surface area contributed by atoms with Gasteiger partial charge in [0.15, 0.2) is 12.0 Å². The van der Waals surface area contributed by atoms with E-state index in [9.17, 15) is 4.79 Å². The van der Waals surface area contributed by atoms with Crippen molar-refractivity contribution in [3.8, 4) is 0 Å². The maximum atomic E-state index is 10.5. The maximum Gasteiger partial charge on any atom is 0.185 e. The molecule has 0 saturated carbocycles. The van der Waals surface area contributed by atoms with Crippen LogP contribution in [0.25, 0.3) is 0 Å². The van der Waals surface area contributed by atoms with Gasteiger partial charge in [0.25, 0.3) is 0 Å². The van der Waals surface area contributed by atoms with Crippen LogP contribution in [0.3, 0.4) is 0 Å². The average molecular weight is 225 g/mol. The zero-order chi connectivity index (χ0) is 12.0. The van der Waals surface area contributed by atoms with Crippen molar-refractivity contribution < 1.29 is 13.9 Å². The van der Waals surface area contributed by atoms with Crippen LogP contribution >= 0.6 is 0 Å². The van der Waals surface area contributed by atoms with Crippen LogP contribution in [0.15, 0.2) is 16.5 Å². The molecule has 0 aliphatic heterocycles. The van der Waals surface area contributed by atoms with E-state index >= 15 is 0 Å². The van der Waals surface area contributed by atoms with Crippen molar-refractivity contribution in [2.24, 2.45) is 0 Å². The number of nitrogens with zero attached hydrogens (tertiary/aromatic N) is 1. The van der Waals surface area contributed by atoms with E-state index in [2.05, 4.69) is 18.7 Å². The molecule has 0 radical (unpaired) electrons. The largest absolute Gasteiger partial charge is 0.457 e. The van der Waals surface area contributed by atoms with Crippen LogP contribution < -0.4 is 0 Å². The van der Waals surface area contributed by atoms with E-state index in [1.807, 2.05) is 6.07 Å². The van der Waals surface area contributed by atoms with Gasteiger partial charge in [-0.1, -0.05) is 0 Å². The molecule has 0 N–H and O–H groups in total. The van der Waals surface area contributed by atoms with E-state index < -0.39 is 0 Å². The third kappa shape index (κ3) is 3.79. The zero-order valence-electron chi connectivity index (χ0n) is 10.1. The Kier molecular flexibility index (Phi) is 5.22. The highest BCUT2D eigenvalue weighted by Gasteiger charge is 2.12. The molecule has 0 fully saturated rings. The first-order valence-corrected chi connectivity index (χ1v) is 5.44. The molecular weight excluding hydrogens is 206 g/mol. The average Bonchev–Trinajstić information content (AvgIpc) is 2.71. The van der Waals surface area contributed by atoms with Crippen LogP contribution in [0, 0.1) is 0 Å². The Morgan fingerprint density at radius 3 is 2.75 bits per heavy atom. The minimum atomic E-state index is 0.380. The molecule has 0 unspecified atom stereocenters. The highest BCUT2D eigenvalue weighted by atomic mass is 16.5. The normalized spacial score (nSPS) is 11.3. The Morgan fingerprint density at radius 1 is 1.50 bits per heavy atom. The van der Waals surface area contributed by atoms with Crippen LogP contribution in [-0.4, -0.2) is 37.5 Å². The van der Waals surface area contributed by atoms with Crippen molar-refractivity contribution in [3.05, 3.63) is 23.7 Å². The molecule has 1 heterocycles. The SMILES string of the molecule is COCCN(Cc1ccc(C=O)o1)C(C)C. The first-order chi connectivity index (χ1) is 7.67. The van der Waals surface area contributed by atoms with Crippen LogP contribution in [0.2, 0.25) is 0 Å². The molecule has 0 amide bonds. The lowest BCUT2D eigenvalue weighted by molar-refractivity contribution is 0.108. The summed E-state index contributed by atoms with van der Waals surface area (Å²) in [6, 6.07) is 3.95. The van der Waals surface area contributed by atoms with E-state index in [-0.39, 0.29) is 0 Å². The Bertz CT molecular complexity index is 320. The first kappa shape index (κ1) is 12.9. The lowest BCUT2D eigenvalue weighted by Gasteiger charge is -2.24. The molecule has 0 aliphatic carbocycles. The quantitative estimate of drug-likeness (QED) is 0.665. The number of hydrogen-bond donors (Lipinski definition) is 0. The third-order valence-corrected chi connectivity index (χ3v) is 2.47. The molecule has 4 nitrogen and oxygen atoms in total. The molecule has 90 valence electrons. The minimum Gasteiger partial charge on any atom is -0.457 e. The molecule has 4 heteroatoms. The summed E-state index contributed by atoms with van der Waals surface area (Å²) >= 11 is 0.